The van der Waals surface area contributed by atoms with Gasteiger partial charge in [-0.2, -0.15) is 0 Å². The zero-order chi connectivity index (χ0) is 24.7. The van der Waals surface area contributed by atoms with Gasteiger partial charge in [0.15, 0.2) is 0 Å². The van der Waals surface area contributed by atoms with Gasteiger partial charge in [0.1, 0.15) is 11.5 Å². The maximum absolute atomic E-state index is 12.8. The number of ether oxygens (including phenoxy) is 2. The molecule has 0 spiro atoms. The maximum atomic E-state index is 12.8. The average Bonchev–Trinajstić information content (AvgIpc) is 2.84. The number of methoxy groups -OCH3 is 2. The molecule has 0 fully saturated rings. The van der Waals surface area contributed by atoms with Crippen molar-refractivity contribution >= 4 is 40.9 Å². The molecule has 1 aliphatic carbocycles. The third-order valence-electron chi connectivity index (χ3n) is 5.54. The van der Waals surface area contributed by atoms with Gasteiger partial charge in [0.05, 0.1) is 37.0 Å². The molecule has 2 aromatic carbocycles. The topological polar surface area (TPSA) is 114 Å². The van der Waals surface area contributed by atoms with E-state index in [4.69, 9.17) is 9.47 Å². The average molecular weight is 485 g/mol. The maximum Gasteiger partial charge on any atom is 0.307 e. The fourth-order valence-corrected chi connectivity index (χ4v) is 4.58. The smallest absolute Gasteiger partial charge is 0.307 e. The lowest BCUT2D eigenvalue weighted by Gasteiger charge is -2.24. The second-order valence-electron chi connectivity index (χ2n) is 7.83. The summed E-state index contributed by atoms with van der Waals surface area (Å²) in [5.41, 5.74) is 1.09. The summed E-state index contributed by atoms with van der Waals surface area (Å²) in [6.07, 6.45) is 4.38. The van der Waals surface area contributed by atoms with Crippen molar-refractivity contribution in [2.24, 2.45) is 11.8 Å². The number of aliphatic carboxylic acids is 1. The predicted molar refractivity (Wildman–Crippen MR) is 132 cm³/mol. The minimum Gasteiger partial charge on any atom is -0.497 e. The Morgan fingerprint density at radius 1 is 1.00 bits per heavy atom. The highest BCUT2D eigenvalue weighted by atomic mass is 32.2. The SMILES string of the molecule is COc1ccc(NC(=O)C(C)Sc2cccc(NC(=O)C3CC=CCC3C(=O)O)c2)c(OC)c1. The minimum absolute atomic E-state index is 0.207. The molecule has 0 aromatic heterocycles. The van der Waals surface area contributed by atoms with E-state index in [9.17, 15) is 19.5 Å². The summed E-state index contributed by atoms with van der Waals surface area (Å²) >= 11 is 1.34. The fourth-order valence-electron chi connectivity index (χ4n) is 3.65. The van der Waals surface area contributed by atoms with Crippen LogP contribution in [-0.4, -0.2) is 42.4 Å². The lowest BCUT2D eigenvalue weighted by molar-refractivity contribution is -0.146. The summed E-state index contributed by atoms with van der Waals surface area (Å²) in [4.78, 5) is 37.8. The highest BCUT2D eigenvalue weighted by Crippen LogP contribution is 2.32. The van der Waals surface area contributed by atoms with Crippen LogP contribution >= 0.6 is 11.8 Å². The van der Waals surface area contributed by atoms with Gasteiger partial charge in [-0.25, -0.2) is 0 Å². The van der Waals surface area contributed by atoms with Gasteiger partial charge in [0, 0.05) is 16.6 Å². The Balaban J connectivity index is 1.63. The van der Waals surface area contributed by atoms with Crippen LogP contribution in [0.1, 0.15) is 19.8 Å². The van der Waals surface area contributed by atoms with E-state index in [-0.39, 0.29) is 11.8 Å². The number of nitrogens with one attached hydrogen (secondary N) is 2. The largest absolute Gasteiger partial charge is 0.497 e. The van der Waals surface area contributed by atoms with Crippen LogP contribution in [0.2, 0.25) is 0 Å². The number of allylic oxidation sites excluding steroid dienone is 2. The summed E-state index contributed by atoms with van der Waals surface area (Å²) in [5, 5.41) is 14.7. The Kier molecular flexibility index (Phi) is 8.59. The van der Waals surface area contributed by atoms with E-state index in [1.165, 1.54) is 18.9 Å². The molecule has 0 bridgehead atoms. The van der Waals surface area contributed by atoms with Crippen LogP contribution in [0.15, 0.2) is 59.5 Å². The molecule has 34 heavy (non-hydrogen) atoms. The number of thioether (sulfide) groups is 1. The molecule has 180 valence electrons. The second-order valence-corrected chi connectivity index (χ2v) is 9.24. The van der Waals surface area contributed by atoms with Crippen molar-refractivity contribution in [1.82, 2.24) is 0 Å². The van der Waals surface area contributed by atoms with Crippen molar-refractivity contribution in [2.45, 2.75) is 29.9 Å². The van der Waals surface area contributed by atoms with Gasteiger partial charge in [-0.15, -0.1) is 11.8 Å². The molecule has 3 rings (SSSR count). The van der Waals surface area contributed by atoms with Crippen molar-refractivity contribution in [3.8, 4) is 11.5 Å². The number of hydrogen-bond acceptors (Lipinski definition) is 6. The third kappa shape index (κ3) is 6.32. The van der Waals surface area contributed by atoms with Crippen molar-refractivity contribution < 1.29 is 29.0 Å². The lowest BCUT2D eigenvalue weighted by Crippen LogP contribution is -2.34. The van der Waals surface area contributed by atoms with E-state index in [1.807, 2.05) is 12.1 Å². The van der Waals surface area contributed by atoms with Crippen molar-refractivity contribution in [2.75, 3.05) is 24.9 Å². The zero-order valence-corrected chi connectivity index (χ0v) is 20.1. The molecule has 9 heteroatoms. The molecule has 1 aliphatic rings. The van der Waals surface area contributed by atoms with E-state index >= 15 is 0 Å². The zero-order valence-electron chi connectivity index (χ0n) is 19.2. The number of carbonyl (C=O) groups excluding carboxylic acids is 2. The molecule has 2 aromatic rings. The summed E-state index contributed by atoms with van der Waals surface area (Å²) < 4.78 is 10.5. The van der Waals surface area contributed by atoms with Crippen LogP contribution < -0.4 is 20.1 Å². The summed E-state index contributed by atoms with van der Waals surface area (Å²) in [7, 11) is 3.07. The molecule has 8 nitrogen and oxygen atoms in total. The highest BCUT2D eigenvalue weighted by Gasteiger charge is 2.34. The van der Waals surface area contributed by atoms with Crippen LogP contribution in [0.5, 0.6) is 11.5 Å². The Hall–Kier alpha value is -3.46. The Morgan fingerprint density at radius 2 is 1.74 bits per heavy atom. The lowest BCUT2D eigenvalue weighted by atomic mass is 9.82. The van der Waals surface area contributed by atoms with Gasteiger partial charge in [-0.05, 0) is 50.1 Å². The first kappa shape index (κ1) is 25.2. The van der Waals surface area contributed by atoms with Gasteiger partial charge in [-0.3, -0.25) is 14.4 Å². The molecule has 0 saturated heterocycles. The van der Waals surface area contributed by atoms with Crippen LogP contribution in [0.25, 0.3) is 0 Å². The summed E-state index contributed by atoms with van der Waals surface area (Å²) in [5.74, 6) is -1.74. The molecule has 3 unspecified atom stereocenters. The Morgan fingerprint density at radius 3 is 2.41 bits per heavy atom. The molecule has 0 saturated carbocycles. The fraction of sp³-hybridized carbons (Fsp3) is 0.320. The minimum atomic E-state index is -0.970. The molecule has 3 N–H and O–H groups in total. The van der Waals surface area contributed by atoms with E-state index in [0.29, 0.717) is 35.7 Å². The number of anilines is 2. The second kappa shape index (κ2) is 11.6. The van der Waals surface area contributed by atoms with E-state index < -0.39 is 23.1 Å². The molecular formula is C25H28N2O6S. The quantitative estimate of drug-likeness (QED) is 0.356. The summed E-state index contributed by atoms with van der Waals surface area (Å²) in [6, 6.07) is 12.3. The van der Waals surface area contributed by atoms with Crippen LogP contribution in [-0.2, 0) is 14.4 Å². The molecular weight excluding hydrogens is 456 g/mol. The number of carboxylic acid groups (broad SMARTS) is 1. The number of carboxylic acids is 1. The van der Waals surface area contributed by atoms with Gasteiger partial charge in [-0.1, -0.05) is 18.2 Å². The van der Waals surface area contributed by atoms with Crippen LogP contribution in [0.4, 0.5) is 11.4 Å². The molecule has 0 heterocycles. The Bertz CT molecular complexity index is 1090. The van der Waals surface area contributed by atoms with Crippen molar-refractivity contribution in [1.29, 1.82) is 0 Å². The number of rotatable bonds is 9. The normalized spacial score (nSPS) is 18.0. The number of carbonyl (C=O) groups is 3. The monoisotopic (exact) mass is 484 g/mol. The summed E-state index contributed by atoms with van der Waals surface area (Å²) in [6.45, 7) is 1.78. The Labute approximate surface area is 202 Å². The first-order valence-corrected chi connectivity index (χ1v) is 11.7. The number of hydrogen-bond donors (Lipinski definition) is 3. The van der Waals surface area contributed by atoms with E-state index in [0.717, 1.165) is 4.90 Å². The molecule has 2 amide bonds. The standard InChI is InChI=1S/C25H28N2O6S/c1-15(23(28)27-21-12-11-17(32-2)14-22(21)33-3)34-18-8-6-7-16(13-18)26-24(29)19-9-4-5-10-20(19)25(30)31/h4-8,11-15,19-20H,9-10H2,1-3H3,(H,26,29)(H,27,28)(H,30,31). The molecule has 0 aliphatic heterocycles. The van der Waals surface area contributed by atoms with Gasteiger partial charge >= 0.3 is 5.97 Å². The van der Waals surface area contributed by atoms with Crippen LogP contribution in [0, 0.1) is 11.8 Å². The molecule has 3 atom stereocenters. The van der Waals surface area contributed by atoms with Gasteiger partial charge in [0.2, 0.25) is 11.8 Å². The predicted octanol–water partition coefficient (Wildman–Crippen LogP) is 4.43. The van der Waals surface area contributed by atoms with Crippen molar-refractivity contribution in [3.05, 3.63) is 54.6 Å². The highest BCUT2D eigenvalue weighted by molar-refractivity contribution is 8.00. The first-order chi connectivity index (χ1) is 16.3. The van der Waals surface area contributed by atoms with Gasteiger partial charge < -0.3 is 25.2 Å². The number of benzene rings is 2. The number of amides is 2. The third-order valence-corrected chi connectivity index (χ3v) is 6.63. The van der Waals surface area contributed by atoms with E-state index in [2.05, 4.69) is 10.6 Å². The van der Waals surface area contributed by atoms with Gasteiger partial charge in [0.25, 0.3) is 0 Å². The van der Waals surface area contributed by atoms with E-state index in [1.54, 1.807) is 56.5 Å². The van der Waals surface area contributed by atoms with Crippen LogP contribution in [0.3, 0.4) is 0 Å². The van der Waals surface area contributed by atoms with Crippen molar-refractivity contribution in [3.63, 3.8) is 0 Å². The molecule has 0 radical (unpaired) electrons. The first-order valence-electron chi connectivity index (χ1n) is 10.8.